The summed E-state index contributed by atoms with van der Waals surface area (Å²) in [6.07, 6.45) is 2.60. The zero-order chi connectivity index (χ0) is 16.3. The van der Waals surface area contributed by atoms with Crippen molar-refractivity contribution in [2.45, 2.75) is 25.8 Å². The minimum Gasteiger partial charge on any atom is -0.349 e. The summed E-state index contributed by atoms with van der Waals surface area (Å²) in [5, 5.41) is 3.57. The molecule has 2 unspecified atom stereocenters. The average Bonchev–Trinajstić information content (AvgIpc) is 2.46. The number of nitrogens with zero attached hydrogens (tertiary/aromatic N) is 1. The van der Waals surface area contributed by atoms with Gasteiger partial charge >= 0.3 is 0 Å². The van der Waals surface area contributed by atoms with Gasteiger partial charge in [0.2, 0.25) is 15.9 Å². The number of halogens is 1. The first-order chi connectivity index (χ1) is 10.3. The van der Waals surface area contributed by atoms with Crippen LogP contribution in [-0.2, 0) is 14.8 Å². The Kier molecular flexibility index (Phi) is 5.47. The maximum atomic E-state index is 12.4. The van der Waals surface area contributed by atoms with Gasteiger partial charge in [0.25, 0.3) is 0 Å². The average molecular weight is 345 g/mol. The highest BCUT2D eigenvalue weighted by Crippen LogP contribution is 2.21. The maximum Gasteiger partial charge on any atom is 0.224 e. The Bertz CT molecular complexity index is 648. The van der Waals surface area contributed by atoms with Crippen molar-refractivity contribution in [2.75, 3.05) is 19.3 Å². The predicted octanol–water partition coefficient (Wildman–Crippen LogP) is 2.19. The molecule has 1 fully saturated rings. The number of hydrogen-bond donors (Lipinski definition) is 1. The molecule has 0 saturated carbocycles. The second-order valence-corrected chi connectivity index (χ2v) is 8.16. The van der Waals surface area contributed by atoms with Crippen LogP contribution in [-0.4, -0.2) is 38.0 Å². The summed E-state index contributed by atoms with van der Waals surface area (Å²) in [4.78, 5) is 12.4. The predicted molar refractivity (Wildman–Crippen MR) is 87.2 cm³/mol. The number of sulfonamides is 1. The molecule has 0 aliphatic carbocycles. The summed E-state index contributed by atoms with van der Waals surface area (Å²) in [5.74, 6) is -0.411. The van der Waals surface area contributed by atoms with Gasteiger partial charge in [-0.3, -0.25) is 4.79 Å². The van der Waals surface area contributed by atoms with Gasteiger partial charge in [-0.15, -0.1) is 0 Å². The first-order valence-corrected chi connectivity index (χ1v) is 9.51. The van der Waals surface area contributed by atoms with Crippen LogP contribution in [0.15, 0.2) is 24.3 Å². The molecule has 0 spiro atoms. The highest BCUT2D eigenvalue weighted by molar-refractivity contribution is 7.88. The molecule has 0 aromatic heterocycles. The SMILES string of the molecule is CC(NC(=O)C1CCCN(S(C)(=O)=O)C1)c1cccc(Cl)c1. The molecule has 1 aliphatic rings. The van der Waals surface area contributed by atoms with Crippen LogP contribution in [0.3, 0.4) is 0 Å². The first-order valence-electron chi connectivity index (χ1n) is 7.28. The molecular weight excluding hydrogens is 324 g/mol. The van der Waals surface area contributed by atoms with Gasteiger partial charge in [-0.25, -0.2) is 12.7 Å². The lowest BCUT2D eigenvalue weighted by molar-refractivity contribution is -0.126. The van der Waals surface area contributed by atoms with Crippen molar-refractivity contribution in [3.63, 3.8) is 0 Å². The zero-order valence-corrected chi connectivity index (χ0v) is 14.3. The summed E-state index contributed by atoms with van der Waals surface area (Å²) in [5.41, 5.74) is 0.927. The Morgan fingerprint density at radius 2 is 2.18 bits per heavy atom. The molecule has 7 heteroatoms. The van der Waals surface area contributed by atoms with E-state index in [1.54, 1.807) is 6.07 Å². The molecule has 1 aliphatic heterocycles. The van der Waals surface area contributed by atoms with E-state index in [0.29, 0.717) is 24.4 Å². The fourth-order valence-electron chi connectivity index (χ4n) is 2.65. The van der Waals surface area contributed by atoms with Gasteiger partial charge < -0.3 is 5.32 Å². The molecule has 1 N–H and O–H groups in total. The molecule has 1 amide bonds. The van der Waals surface area contributed by atoms with Crippen LogP contribution in [0.1, 0.15) is 31.4 Å². The normalized spacial score (nSPS) is 21.3. The summed E-state index contributed by atoms with van der Waals surface area (Å²) in [7, 11) is -3.24. The number of rotatable bonds is 4. The van der Waals surface area contributed by atoms with Crippen LogP contribution in [0.4, 0.5) is 0 Å². The lowest BCUT2D eigenvalue weighted by Gasteiger charge is -2.30. The Balaban J connectivity index is 1.99. The summed E-state index contributed by atoms with van der Waals surface area (Å²) in [6.45, 7) is 2.64. The number of hydrogen-bond acceptors (Lipinski definition) is 3. The fourth-order valence-corrected chi connectivity index (χ4v) is 3.76. The second kappa shape index (κ2) is 6.98. The van der Waals surface area contributed by atoms with E-state index in [9.17, 15) is 13.2 Å². The molecule has 1 aromatic carbocycles. The van der Waals surface area contributed by atoms with Gasteiger partial charge in [-0.1, -0.05) is 23.7 Å². The Hall–Kier alpha value is -1.11. The van der Waals surface area contributed by atoms with Gasteiger partial charge in [-0.05, 0) is 37.5 Å². The Labute approximate surface area is 136 Å². The standard InChI is InChI=1S/C15H21ClN2O3S/c1-11(12-5-3-7-14(16)9-12)17-15(19)13-6-4-8-18(10-13)22(2,20)21/h3,5,7,9,11,13H,4,6,8,10H2,1-2H3,(H,17,19). The first kappa shape index (κ1) is 17.2. The summed E-state index contributed by atoms with van der Waals surface area (Å²) >= 11 is 5.96. The van der Waals surface area contributed by atoms with E-state index in [4.69, 9.17) is 11.6 Å². The third-order valence-corrected chi connectivity index (χ3v) is 5.44. The zero-order valence-electron chi connectivity index (χ0n) is 12.8. The van der Waals surface area contributed by atoms with Gasteiger partial charge in [0.15, 0.2) is 0 Å². The Morgan fingerprint density at radius 1 is 1.45 bits per heavy atom. The van der Waals surface area contributed by atoms with Crippen LogP contribution in [0.2, 0.25) is 5.02 Å². The van der Waals surface area contributed by atoms with Crippen molar-refractivity contribution in [1.82, 2.24) is 9.62 Å². The van der Waals surface area contributed by atoms with E-state index in [1.807, 2.05) is 25.1 Å². The lowest BCUT2D eigenvalue weighted by atomic mass is 9.98. The highest BCUT2D eigenvalue weighted by atomic mass is 35.5. The molecule has 1 heterocycles. The van der Waals surface area contributed by atoms with E-state index in [-0.39, 0.29) is 24.4 Å². The lowest BCUT2D eigenvalue weighted by Crippen LogP contribution is -2.45. The minimum atomic E-state index is -3.24. The highest BCUT2D eigenvalue weighted by Gasteiger charge is 2.30. The number of benzene rings is 1. The monoisotopic (exact) mass is 344 g/mol. The van der Waals surface area contributed by atoms with E-state index in [0.717, 1.165) is 5.56 Å². The van der Waals surface area contributed by atoms with Gasteiger partial charge in [0.1, 0.15) is 0 Å². The molecule has 2 atom stereocenters. The largest absolute Gasteiger partial charge is 0.349 e. The van der Waals surface area contributed by atoms with E-state index < -0.39 is 10.0 Å². The van der Waals surface area contributed by atoms with Crippen LogP contribution in [0.25, 0.3) is 0 Å². The third kappa shape index (κ3) is 4.44. The van der Waals surface area contributed by atoms with Crippen molar-refractivity contribution < 1.29 is 13.2 Å². The molecule has 122 valence electrons. The second-order valence-electron chi connectivity index (χ2n) is 5.75. The molecule has 1 aromatic rings. The third-order valence-electron chi connectivity index (χ3n) is 3.93. The van der Waals surface area contributed by atoms with Crippen molar-refractivity contribution in [1.29, 1.82) is 0 Å². The van der Waals surface area contributed by atoms with Crippen molar-refractivity contribution >= 4 is 27.5 Å². The van der Waals surface area contributed by atoms with Gasteiger partial charge in [-0.2, -0.15) is 0 Å². The van der Waals surface area contributed by atoms with E-state index in [1.165, 1.54) is 10.6 Å². The summed E-state index contributed by atoms with van der Waals surface area (Å²) < 4.78 is 24.6. The molecule has 1 saturated heterocycles. The maximum absolute atomic E-state index is 12.4. The van der Waals surface area contributed by atoms with Crippen LogP contribution >= 0.6 is 11.6 Å². The topological polar surface area (TPSA) is 66.5 Å². The molecule has 5 nitrogen and oxygen atoms in total. The van der Waals surface area contributed by atoms with Crippen molar-refractivity contribution in [2.24, 2.45) is 5.92 Å². The van der Waals surface area contributed by atoms with Crippen molar-refractivity contribution in [3.05, 3.63) is 34.9 Å². The van der Waals surface area contributed by atoms with Crippen LogP contribution in [0, 0.1) is 5.92 Å². The fraction of sp³-hybridized carbons (Fsp3) is 0.533. The van der Waals surface area contributed by atoms with Gasteiger partial charge in [0.05, 0.1) is 18.2 Å². The molecule has 22 heavy (non-hydrogen) atoms. The number of amides is 1. The van der Waals surface area contributed by atoms with E-state index in [2.05, 4.69) is 5.32 Å². The smallest absolute Gasteiger partial charge is 0.224 e. The van der Waals surface area contributed by atoms with Crippen LogP contribution < -0.4 is 5.32 Å². The minimum absolute atomic E-state index is 0.110. The molecular formula is C15H21ClN2O3S. The van der Waals surface area contributed by atoms with Crippen molar-refractivity contribution in [3.8, 4) is 0 Å². The van der Waals surface area contributed by atoms with E-state index >= 15 is 0 Å². The number of nitrogens with one attached hydrogen (secondary N) is 1. The number of carbonyl (C=O) groups excluding carboxylic acids is 1. The Morgan fingerprint density at radius 3 is 2.82 bits per heavy atom. The van der Waals surface area contributed by atoms with Crippen LogP contribution in [0.5, 0.6) is 0 Å². The number of piperidine rings is 1. The number of carbonyl (C=O) groups is 1. The molecule has 2 rings (SSSR count). The quantitative estimate of drug-likeness (QED) is 0.910. The molecule has 0 bridgehead atoms. The molecule has 0 radical (unpaired) electrons. The van der Waals surface area contributed by atoms with Gasteiger partial charge in [0, 0.05) is 18.1 Å². The summed E-state index contributed by atoms with van der Waals surface area (Å²) in [6, 6.07) is 7.17.